The summed E-state index contributed by atoms with van der Waals surface area (Å²) >= 11 is 0. The first kappa shape index (κ1) is 11.9. The van der Waals surface area contributed by atoms with Gasteiger partial charge in [0.25, 0.3) is 0 Å². The normalized spacial score (nSPS) is 32.8. The van der Waals surface area contributed by atoms with Crippen LogP contribution in [0.1, 0.15) is 38.5 Å². The van der Waals surface area contributed by atoms with E-state index in [2.05, 4.69) is 0 Å². The molecule has 1 aliphatic heterocycles. The highest BCUT2D eigenvalue weighted by molar-refractivity contribution is 5.75. The monoisotopic (exact) mass is 228 g/mol. The van der Waals surface area contributed by atoms with Crippen molar-refractivity contribution in [3.05, 3.63) is 0 Å². The molecule has 1 aliphatic carbocycles. The Morgan fingerprint density at radius 3 is 3.00 bits per heavy atom. The number of fused-ring (bicyclic) bond motifs is 2. The molecule has 2 bridgehead atoms. The first-order valence-electron chi connectivity index (χ1n) is 6.24. The molecule has 2 aliphatic rings. The van der Waals surface area contributed by atoms with Crippen LogP contribution in [-0.2, 0) is 14.3 Å². The number of aliphatic hydroxyl groups excluding tert-OH is 1. The number of carbonyl (C=O) groups excluding carboxylic acids is 1. The van der Waals surface area contributed by atoms with Crippen molar-refractivity contribution in [3.63, 3.8) is 0 Å². The minimum atomic E-state index is -0.0311. The molecule has 3 atom stereocenters. The van der Waals surface area contributed by atoms with Crippen LogP contribution in [0.4, 0.5) is 0 Å². The van der Waals surface area contributed by atoms with Crippen LogP contribution < -0.4 is 0 Å². The Balaban J connectivity index is 1.65. The summed E-state index contributed by atoms with van der Waals surface area (Å²) in [7, 11) is 0. The summed E-state index contributed by atoms with van der Waals surface area (Å²) in [5.41, 5.74) is 0. The lowest BCUT2D eigenvalue weighted by Gasteiger charge is -2.25. The van der Waals surface area contributed by atoms with E-state index in [1.165, 1.54) is 0 Å². The molecule has 4 nitrogen and oxygen atoms in total. The Labute approximate surface area is 95.9 Å². The van der Waals surface area contributed by atoms with Gasteiger partial charge in [0.15, 0.2) is 0 Å². The molecule has 0 unspecified atom stereocenters. The fourth-order valence-electron chi connectivity index (χ4n) is 2.50. The zero-order valence-electron chi connectivity index (χ0n) is 9.56. The number of rotatable bonds is 6. The fourth-order valence-corrected chi connectivity index (χ4v) is 2.50. The van der Waals surface area contributed by atoms with Crippen LogP contribution in [0.25, 0.3) is 0 Å². The lowest BCUT2D eigenvalue weighted by molar-refractivity contribution is -0.147. The van der Waals surface area contributed by atoms with E-state index in [1.807, 2.05) is 0 Å². The Morgan fingerprint density at radius 1 is 1.31 bits per heavy atom. The number of aliphatic hydroxyl groups is 1. The summed E-state index contributed by atoms with van der Waals surface area (Å²) in [5, 5.41) is 8.63. The van der Waals surface area contributed by atoms with Gasteiger partial charge in [0.05, 0.1) is 12.0 Å². The maximum absolute atomic E-state index is 11.3. The van der Waals surface area contributed by atoms with Crippen molar-refractivity contribution < 1.29 is 19.4 Å². The summed E-state index contributed by atoms with van der Waals surface area (Å²) in [4.78, 5) is 11.3. The molecule has 0 aromatic carbocycles. The molecule has 0 aromatic heterocycles. The van der Waals surface area contributed by atoms with E-state index in [-0.39, 0.29) is 30.7 Å². The summed E-state index contributed by atoms with van der Waals surface area (Å²) in [6.07, 6.45) is 5.63. The fraction of sp³-hybridized carbons (Fsp3) is 0.917. The Kier molecular flexibility index (Phi) is 4.18. The number of ether oxygens (including phenoxy) is 2. The molecule has 4 heteroatoms. The van der Waals surface area contributed by atoms with Gasteiger partial charge >= 0.3 is 5.97 Å². The van der Waals surface area contributed by atoms with Gasteiger partial charge in [-0.05, 0) is 32.1 Å². The van der Waals surface area contributed by atoms with Gasteiger partial charge in [-0.1, -0.05) is 0 Å². The zero-order valence-corrected chi connectivity index (χ0v) is 9.56. The van der Waals surface area contributed by atoms with Crippen molar-refractivity contribution in [2.45, 2.75) is 50.7 Å². The van der Waals surface area contributed by atoms with E-state index < -0.39 is 0 Å². The average Bonchev–Trinajstić information content (AvgIpc) is 2.58. The summed E-state index contributed by atoms with van der Waals surface area (Å²) < 4.78 is 11.0. The van der Waals surface area contributed by atoms with Crippen molar-refractivity contribution in [3.8, 4) is 0 Å². The highest BCUT2D eigenvalue weighted by Gasteiger charge is 2.43. The minimum absolute atomic E-state index is 0.00379. The molecular formula is C12H20O4. The largest absolute Gasteiger partial charge is 0.459 e. The van der Waals surface area contributed by atoms with Crippen LogP contribution in [-0.4, -0.2) is 36.5 Å². The predicted molar refractivity (Wildman–Crippen MR) is 57.9 cm³/mol. The highest BCUT2D eigenvalue weighted by atomic mass is 16.6. The molecule has 16 heavy (non-hydrogen) atoms. The van der Waals surface area contributed by atoms with E-state index in [0.29, 0.717) is 6.61 Å². The standard InChI is InChI=1S/C12H20O4/c13-6-2-1-3-7-15-10-5-4-9-8-11(10)16-12(9)14/h9-11,13H,1-8H2/t9-,10-,11+/m0/s1. The second-order valence-corrected chi connectivity index (χ2v) is 4.68. The molecule has 1 heterocycles. The van der Waals surface area contributed by atoms with Crippen molar-refractivity contribution >= 4 is 5.97 Å². The molecule has 92 valence electrons. The Hall–Kier alpha value is -0.610. The van der Waals surface area contributed by atoms with Gasteiger partial charge in [0, 0.05) is 19.6 Å². The first-order valence-corrected chi connectivity index (χ1v) is 6.24. The molecule has 2 rings (SSSR count). The molecular weight excluding hydrogens is 208 g/mol. The van der Waals surface area contributed by atoms with Gasteiger partial charge in [-0.15, -0.1) is 0 Å². The molecule has 0 radical (unpaired) electrons. The Morgan fingerprint density at radius 2 is 2.19 bits per heavy atom. The second kappa shape index (κ2) is 5.64. The van der Waals surface area contributed by atoms with E-state index in [0.717, 1.165) is 38.5 Å². The molecule has 0 aromatic rings. The summed E-state index contributed by atoms with van der Waals surface area (Å²) in [6.45, 7) is 0.967. The van der Waals surface area contributed by atoms with Gasteiger partial charge in [-0.2, -0.15) is 0 Å². The van der Waals surface area contributed by atoms with Crippen LogP contribution in [0.3, 0.4) is 0 Å². The van der Waals surface area contributed by atoms with Crippen LogP contribution >= 0.6 is 0 Å². The zero-order chi connectivity index (χ0) is 11.4. The lowest BCUT2D eigenvalue weighted by Crippen LogP contribution is -2.31. The molecule has 0 spiro atoms. The summed E-state index contributed by atoms with van der Waals surface area (Å²) in [5.74, 6) is 0.107. The topological polar surface area (TPSA) is 55.8 Å². The third-order valence-electron chi connectivity index (χ3n) is 3.47. The van der Waals surface area contributed by atoms with E-state index in [9.17, 15) is 4.79 Å². The number of unbranched alkanes of at least 4 members (excludes halogenated alkanes) is 2. The van der Waals surface area contributed by atoms with Gasteiger partial charge in [0.1, 0.15) is 6.10 Å². The molecule has 2 fully saturated rings. The molecule has 0 amide bonds. The van der Waals surface area contributed by atoms with Gasteiger partial charge in [0.2, 0.25) is 0 Å². The van der Waals surface area contributed by atoms with Gasteiger partial charge in [-0.3, -0.25) is 4.79 Å². The number of hydrogen-bond acceptors (Lipinski definition) is 4. The van der Waals surface area contributed by atoms with Crippen molar-refractivity contribution in [1.29, 1.82) is 0 Å². The van der Waals surface area contributed by atoms with Crippen LogP contribution in [0, 0.1) is 5.92 Å². The molecule has 1 saturated carbocycles. The smallest absolute Gasteiger partial charge is 0.309 e. The van der Waals surface area contributed by atoms with Crippen LogP contribution in [0.2, 0.25) is 0 Å². The van der Waals surface area contributed by atoms with Crippen molar-refractivity contribution in [2.24, 2.45) is 5.92 Å². The first-order chi connectivity index (χ1) is 7.81. The van der Waals surface area contributed by atoms with Crippen molar-refractivity contribution in [1.82, 2.24) is 0 Å². The van der Waals surface area contributed by atoms with Gasteiger partial charge < -0.3 is 14.6 Å². The third kappa shape index (κ3) is 2.74. The van der Waals surface area contributed by atoms with E-state index in [1.54, 1.807) is 0 Å². The van der Waals surface area contributed by atoms with Crippen LogP contribution in [0.5, 0.6) is 0 Å². The average molecular weight is 228 g/mol. The maximum atomic E-state index is 11.3. The summed E-state index contributed by atoms with van der Waals surface area (Å²) in [6, 6.07) is 0. The van der Waals surface area contributed by atoms with Crippen LogP contribution in [0.15, 0.2) is 0 Å². The Bertz CT molecular complexity index is 241. The SMILES string of the molecule is O=C1O[C@@H]2C[C@@H]1CC[C@@H]2OCCCCCO. The number of hydrogen-bond donors (Lipinski definition) is 1. The quantitative estimate of drug-likeness (QED) is 0.549. The van der Waals surface area contributed by atoms with E-state index >= 15 is 0 Å². The minimum Gasteiger partial charge on any atom is -0.459 e. The van der Waals surface area contributed by atoms with E-state index in [4.69, 9.17) is 14.6 Å². The lowest BCUT2D eigenvalue weighted by atomic mass is 9.88. The highest BCUT2D eigenvalue weighted by Crippen LogP contribution is 2.35. The second-order valence-electron chi connectivity index (χ2n) is 4.68. The predicted octanol–water partition coefficient (Wildman–Crippen LogP) is 1.26. The number of carbonyl (C=O) groups is 1. The van der Waals surface area contributed by atoms with Gasteiger partial charge in [-0.25, -0.2) is 0 Å². The number of esters is 1. The third-order valence-corrected chi connectivity index (χ3v) is 3.47. The van der Waals surface area contributed by atoms with Crippen molar-refractivity contribution in [2.75, 3.05) is 13.2 Å². The molecule has 1 saturated heterocycles. The maximum Gasteiger partial charge on any atom is 0.309 e. The molecule has 1 N–H and O–H groups in total.